The molecule has 0 N–H and O–H groups in total. The van der Waals surface area contributed by atoms with E-state index >= 15 is 0 Å². The van der Waals surface area contributed by atoms with Crippen molar-refractivity contribution in [2.75, 3.05) is 0 Å². The van der Waals surface area contributed by atoms with Crippen LogP contribution in [0.25, 0.3) is 6.08 Å². The maximum absolute atomic E-state index is 13.2. The van der Waals surface area contributed by atoms with E-state index in [0.717, 1.165) is 36.0 Å². The number of rotatable bonds is 4. The molecule has 2 bridgehead atoms. The van der Waals surface area contributed by atoms with Gasteiger partial charge in [-0.2, -0.15) is 0 Å². The van der Waals surface area contributed by atoms with Gasteiger partial charge in [0.25, 0.3) is 10.0 Å². The van der Waals surface area contributed by atoms with E-state index in [1.54, 1.807) is 16.4 Å². The third kappa shape index (κ3) is 3.21. The lowest BCUT2D eigenvalue weighted by Gasteiger charge is -2.31. The average Bonchev–Trinajstić information content (AvgIpc) is 3.06. The van der Waals surface area contributed by atoms with E-state index in [-0.39, 0.29) is 6.04 Å². The quantitative estimate of drug-likeness (QED) is 0.783. The minimum atomic E-state index is -3.51. The molecule has 26 heavy (non-hydrogen) atoms. The standard InChI is InChI=1S/C22H23NO2S/c1-17-7-13-22(14-8-17)26(24,25)23-16-20(19-11-12-21(23)15-19)10-9-18-5-3-2-4-6-18/h2-10,13-14,16,19,21H,11-12,15H2,1H3/b10-9+. The molecular formula is C22H23NO2S. The Morgan fingerprint density at radius 1 is 0.962 bits per heavy atom. The Bertz CT molecular complexity index is 943. The maximum atomic E-state index is 13.2. The van der Waals surface area contributed by atoms with E-state index < -0.39 is 10.0 Å². The fourth-order valence-electron chi connectivity index (χ4n) is 3.88. The molecule has 1 saturated carbocycles. The second kappa shape index (κ2) is 6.76. The number of benzene rings is 2. The van der Waals surface area contributed by atoms with Crippen LogP contribution in [-0.2, 0) is 10.0 Å². The summed E-state index contributed by atoms with van der Waals surface area (Å²) in [5.74, 6) is 0.462. The smallest absolute Gasteiger partial charge is 0.264 e. The van der Waals surface area contributed by atoms with Gasteiger partial charge in [-0.3, -0.25) is 4.31 Å². The van der Waals surface area contributed by atoms with Gasteiger partial charge in [-0.1, -0.05) is 60.2 Å². The van der Waals surface area contributed by atoms with Gasteiger partial charge in [-0.05, 0) is 55.4 Å². The minimum absolute atomic E-state index is 0.0835. The number of nitrogens with zero attached hydrogens (tertiary/aromatic N) is 1. The second-order valence-electron chi connectivity index (χ2n) is 7.18. The Morgan fingerprint density at radius 2 is 1.69 bits per heavy atom. The van der Waals surface area contributed by atoms with E-state index in [9.17, 15) is 8.42 Å². The molecule has 1 aliphatic carbocycles. The van der Waals surface area contributed by atoms with Gasteiger partial charge in [-0.25, -0.2) is 8.42 Å². The number of hydrogen-bond donors (Lipinski definition) is 0. The van der Waals surface area contributed by atoms with Crippen LogP contribution in [0.1, 0.15) is 30.4 Å². The molecule has 2 atom stereocenters. The first-order valence-electron chi connectivity index (χ1n) is 9.09. The molecule has 1 fully saturated rings. The summed E-state index contributed by atoms with van der Waals surface area (Å²) in [5, 5.41) is 0. The first-order chi connectivity index (χ1) is 12.5. The summed E-state index contributed by atoms with van der Waals surface area (Å²) in [5.41, 5.74) is 3.30. The summed E-state index contributed by atoms with van der Waals surface area (Å²) in [7, 11) is -3.51. The molecule has 2 unspecified atom stereocenters. The molecule has 0 saturated heterocycles. The number of aryl methyl sites for hydroxylation is 1. The largest absolute Gasteiger partial charge is 0.270 e. The fraction of sp³-hybridized carbons (Fsp3) is 0.273. The van der Waals surface area contributed by atoms with Gasteiger partial charge in [0.1, 0.15) is 0 Å². The Morgan fingerprint density at radius 3 is 2.42 bits per heavy atom. The molecule has 134 valence electrons. The molecule has 0 spiro atoms. The van der Waals surface area contributed by atoms with Crippen molar-refractivity contribution in [3.63, 3.8) is 0 Å². The van der Waals surface area contributed by atoms with Crippen LogP contribution in [0.3, 0.4) is 0 Å². The number of sulfonamides is 1. The molecule has 4 rings (SSSR count). The summed E-state index contributed by atoms with van der Waals surface area (Å²) in [6, 6.07) is 17.3. The first kappa shape index (κ1) is 17.1. The van der Waals surface area contributed by atoms with Gasteiger partial charge in [0.05, 0.1) is 4.90 Å². The van der Waals surface area contributed by atoms with Gasteiger partial charge < -0.3 is 0 Å². The van der Waals surface area contributed by atoms with Crippen LogP contribution in [0.2, 0.25) is 0 Å². The zero-order chi connectivity index (χ0) is 18.1. The van der Waals surface area contributed by atoms with Crippen LogP contribution in [-0.4, -0.2) is 18.8 Å². The SMILES string of the molecule is Cc1ccc(S(=O)(=O)N2C=C(/C=C/c3ccccc3)C3CCC2C3)cc1. The highest BCUT2D eigenvalue weighted by Gasteiger charge is 2.39. The highest BCUT2D eigenvalue weighted by molar-refractivity contribution is 7.89. The van der Waals surface area contributed by atoms with E-state index in [1.807, 2.05) is 43.5 Å². The molecular weight excluding hydrogens is 342 g/mol. The zero-order valence-electron chi connectivity index (χ0n) is 14.9. The Balaban J connectivity index is 1.67. The monoisotopic (exact) mass is 365 g/mol. The average molecular weight is 365 g/mol. The van der Waals surface area contributed by atoms with Crippen LogP contribution in [0, 0.1) is 12.8 Å². The van der Waals surface area contributed by atoms with E-state index in [1.165, 1.54) is 0 Å². The van der Waals surface area contributed by atoms with Gasteiger partial charge in [0.2, 0.25) is 0 Å². The predicted octanol–water partition coefficient (Wildman–Crippen LogP) is 4.77. The lowest BCUT2D eigenvalue weighted by molar-refractivity contribution is 0.377. The van der Waals surface area contributed by atoms with Crippen molar-refractivity contribution in [1.82, 2.24) is 4.31 Å². The second-order valence-corrected chi connectivity index (χ2v) is 9.03. The van der Waals surface area contributed by atoms with E-state index in [0.29, 0.717) is 10.8 Å². The van der Waals surface area contributed by atoms with E-state index in [4.69, 9.17) is 0 Å². The molecule has 1 aliphatic heterocycles. The van der Waals surface area contributed by atoms with Crippen LogP contribution in [0.15, 0.2) is 77.3 Å². The zero-order valence-corrected chi connectivity index (χ0v) is 15.7. The van der Waals surface area contributed by atoms with Gasteiger partial charge in [0.15, 0.2) is 0 Å². The third-order valence-corrected chi connectivity index (χ3v) is 7.20. The van der Waals surface area contributed by atoms with E-state index in [2.05, 4.69) is 24.3 Å². The molecule has 1 heterocycles. The van der Waals surface area contributed by atoms with Crippen molar-refractivity contribution in [2.45, 2.75) is 37.1 Å². The van der Waals surface area contributed by atoms with Crippen molar-refractivity contribution >= 4 is 16.1 Å². The van der Waals surface area contributed by atoms with Crippen LogP contribution in [0.4, 0.5) is 0 Å². The van der Waals surface area contributed by atoms with Gasteiger partial charge in [-0.15, -0.1) is 0 Å². The predicted molar refractivity (Wildman–Crippen MR) is 105 cm³/mol. The minimum Gasteiger partial charge on any atom is -0.270 e. The summed E-state index contributed by atoms with van der Waals surface area (Å²) in [4.78, 5) is 0.371. The van der Waals surface area contributed by atoms with Gasteiger partial charge >= 0.3 is 0 Å². The number of fused-ring (bicyclic) bond motifs is 2. The molecule has 0 radical (unpaired) electrons. The Hall–Kier alpha value is -2.33. The molecule has 0 amide bonds. The third-order valence-electron chi connectivity index (χ3n) is 5.38. The highest BCUT2D eigenvalue weighted by Crippen LogP contribution is 2.42. The summed E-state index contributed by atoms with van der Waals surface area (Å²) in [6.07, 6.45) is 8.90. The summed E-state index contributed by atoms with van der Waals surface area (Å²) in [6.45, 7) is 1.96. The van der Waals surface area contributed by atoms with Crippen molar-refractivity contribution in [2.24, 2.45) is 5.92 Å². The molecule has 3 nitrogen and oxygen atoms in total. The van der Waals surface area contributed by atoms with Crippen molar-refractivity contribution in [1.29, 1.82) is 0 Å². The first-order valence-corrected chi connectivity index (χ1v) is 10.5. The molecule has 2 aliphatic rings. The number of hydrogen-bond acceptors (Lipinski definition) is 2. The van der Waals surface area contributed by atoms with Crippen LogP contribution in [0.5, 0.6) is 0 Å². The summed E-state index contributed by atoms with van der Waals surface area (Å²) >= 11 is 0. The van der Waals surface area contributed by atoms with Crippen LogP contribution >= 0.6 is 0 Å². The van der Waals surface area contributed by atoms with Crippen LogP contribution < -0.4 is 0 Å². The topological polar surface area (TPSA) is 37.4 Å². The van der Waals surface area contributed by atoms with Crippen molar-refractivity contribution in [3.8, 4) is 0 Å². The highest BCUT2D eigenvalue weighted by atomic mass is 32.2. The molecule has 2 aromatic carbocycles. The normalized spacial score (nSPS) is 22.7. The Labute approximate surface area is 155 Å². The van der Waals surface area contributed by atoms with Crippen molar-refractivity contribution in [3.05, 3.63) is 83.6 Å². The summed E-state index contributed by atoms with van der Waals surface area (Å²) < 4.78 is 27.9. The molecule has 0 aromatic heterocycles. The number of allylic oxidation sites excluding steroid dienone is 2. The molecule has 2 aromatic rings. The van der Waals surface area contributed by atoms with Crippen molar-refractivity contribution < 1.29 is 8.42 Å². The Kier molecular flexibility index (Phi) is 4.45. The lowest BCUT2D eigenvalue weighted by Crippen LogP contribution is -2.37. The maximum Gasteiger partial charge on any atom is 0.264 e. The molecule has 4 heteroatoms. The lowest BCUT2D eigenvalue weighted by atomic mass is 9.95. The van der Waals surface area contributed by atoms with Gasteiger partial charge in [0, 0.05) is 12.2 Å². The fourth-order valence-corrected chi connectivity index (χ4v) is 5.45.